The Balaban J connectivity index is 1.35. The highest BCUT2D eigenvalue weighted by atomic mass is 35.5. The van der Waals surface area contributed by atoms with Crippen LogP contribution in [0.4, 0.5) is 11.4 Å². The van der Waals surface area contributed by atoms with Crippen molar-refractivity contribution < 1.29 is 14.0 Å². The fourth-order valence-corrected chi connectivity index (χ4v) is 4.20. The summed E-state index contributed by atoms with van der Waals surface area (Å²) >= 11 is 6.42. The fourth-order valence-electron chi connectivity index (χ4n) is 4.00. The Morgan fingerprint density at radius 1 is 1.15 bits per heavy atom. The molecule has 1 aromatic carbocycles. The Kier molecular flexibility index (Phi) is 6.04. The van der Waals surface area contributed by atoms with Gasteiger partial charge in [0.25, 0.3) is 5.91 Å². The number of rotatable bonds is 5. The van der Waals surface area contributed by atoms with Gasteiger partial charge in [-0.2, -0.15) is 0 Å². The molecule has 1 fully saturated rings. The van der Waals surface area contributed by atoms with Gasteiger partial charge < -0.3 is 24.9 Å². The summed E-state index contributed by atoms with van der Waals surface area (Å²) in [6.07, 6.45) is 4.73. The molecule has 3 N–H and O–H groups in total. The number of hydrogen-bond acceptors (Lipinski definition) is 6. The molecule has 2 amide bonds. The summed E-state index contributed by atoms with van der Waals surface area (Å²) < 4.78 is 5.13. The molecule has 0 radical (unpaired) electrons. The number of hydrogen-bond donors (Lipinski definition) is 3. The lowest BCUT2D eigenvalue weighted by Gasteiger charge is -2.27. The largest absolute Gasteiger partial charge is 0.459 e. The molecule has 0 atom stereocenters. The number of halogens is 1. The maximum Gasteiger partial charge on any atom is 0.291 e. The highest BCUT2D eigenvalue weighted by Crippen LogP contribution is 2.31. The van der Waals surface area contributed by atoms with Crippen molar-refractivity contribution >= 4 is 46.0 Å². The summed E-state index contributed by atoms with van der Waals surface area (Å²) in [7, 11) is 2.07. The molecule has 4 aromatic rings. The number of piperidine rings is 1. The normalized spacial score (nSPS) is 14.9. The Hall–Kier alpha value is -3.69. The van der Waals surface area contributed by atoms with Crippen LogP contribution in [0.2, 0.25) is 5.02 Å². The molecule has 0 saturated carbocycles. The first kappa shape index (κ1) is 22.1. The molecule has 4 heterocycles. The van der Waals surface area contributed by atoms with E-state index in [1.807, 2.05) is 6.07 Å². The van der Waals surface area contributed by atoms with E-state index in [1.165, 1.54) is 6.26 Å². The second kappa shape index (κ2) is 9.28. The van der Waals surface area contributed by atoms with E-state index in [-0.39, 0.29) is 23.5 Å². The van der Waals surface area contributed by atoms with Gasteiger partial charge in [0.15, 0.2) is 11.4 Å². The zero-order valence-electron chi connectivity index (χ0n) is 18.5. The van der Waals surface area contributed by atoms with Crippen LogP contribution in [0, 0.1) is 5.92 Å². The topological polar surface area (TPSA) is 116 Å². The zero-order valence-corrected chi connectivity index (χ0v) is 19.2. The Labute approximate surface area is 200 Å². The van der Waals surface area contributed by atoms with Gasteiger partial charge in [-0.15, -0.1) is 0 Å². The van der Waals surface area contributed by atoms with Gasteiger partial charge in [-0.1, -0.05) is 11.6 Å². The molecule has 1 aliphatic rings. The standard InChI is InChI=1S/C24H23ClN6O3/c1-31-8-6-14(7-9-31)23(32)28-16-12-19-22(26-13-16)30-21(29-19)17-11-15(4-5-18(17)25)27-24(33)20-3-2-10-34-20/h2-5,10-14H,6-9H2,1H3,(H,27,33)(H,28,32)(H,26,29,30). The van der Waals surface area contributed by atoms with E-state index in [4.69, 9.17) is 16.0 Å². The molecule has 5 rings (SSSR count). The monoisotopic (exact) mass is 478 g/mol. The van der Waals surface area contributed by atoms with Crippen LogP contribution >= 0.6 is 11.6 Å². The number of fused-ring (bicyclic) bond motifs is 1. The second-order valence-electron chi connectivity index (χ2n) is 8.37. The van der Waals surface area contributed by atoms with Crippen LogP contribution in [0.5, 0.6) is 0 Å². The van der Waals surface area contributed by atoms with Gasteiger partial charge in [0.05, 0.1) is 28.7 Å². The van der Waals surface area contributed by atoms with Crippen LogP contribution in [0.25, 0.3) is 22.6 Å². The number of aromatic amines is 1. The number of carbonyl (C=O) groups is 2. The van der Waals surface area contributed by atoms with Crippen molar-refractivity contribution in [1.82, 2.24) is 19.9 Å². The van der Waals surface area contributed by atoms with E-state index in [1.54, 1.807) is 36.5 Å². The number of furan rings is 1. The number of amides is 2. The van der Waals surface area contributed by atoms with E-state index < -0.39 is 0 Å². The molecule has 0 spiro atoms. The van der Waals surface area contributed by atoms with Gasteiger partial charge in [0.2, 0.25) is 5.91 Å². The van der Waals surface area contributed by atoms with Crippen LogP contribution in [-0.4, -0.2) is 51.8 Å². The van der Waals surface area contributed by atoms with Crippen molar-refractivity contribution in [3.8, 4) is 11.4 Å². The Morgan fingerprint density at radius 3 is 2.74 bits per heavy atom. The van der Waals surface area contributed by atoms with Crippen LogP contribution < -0.4 is 10.6 Å². The van der Waals surface area contributed by atoms with Crippen LogP contribution in [-0.2, 0) is 4.79 Å². The highest BCUT2D eigenvalue weighted by molar-refractivity contribution is 6.33. The second-order valence-corrected chi connectivity index (χ2v) is 8.78. The minimum absolute atomic E-state index is 0.00200. The Morgan fingerprint density at radius 2 is 1.97 bits per heavy atom. The van der Waals surface area contributed by atoms with Gasteiger partial charge in [-0.3, -0.25) is 9.59 Å². The molecule has 10 heteroatoms. The smallest absolute Gasteiger partial charge is 0.291 e. The average molecular weight is 479 g/mol. The fraction of sp³-hybridized carbons (Fsp3) is 0.250. The molecule has 0 aliphatic carbocycles. The summed E-state index contributed by atoms with van der Waals surface area (Å²) in [5.41, 5.74) is 2.91. The number of benzene rings is 1. The van der Waals surface area contributed by atoms with Crippen LogP contribution in [0.3, 0.4) is 0 Å². The first-order valence-corrected chi connectivity index (χ1v) is 11.3. The number of imidazole rings is 1. The number of H-pyrrole nitrogens is 1. The van der Waals surface area contributed by atoms with Crippen molar-refractivity contribution in [2.24, 2.45) is 5.92 Å². The van der Waals surface area contributed by atoms with Crippen molar-refractivity contribution in [2.75, 3.05) is 30.8 Å². The third-order valence-electron chi connectivity index (χ3n) is 5.92. The molecular formula is C24H23ClN6O3. The highest BCUT2D eigenvalue weighted by Gasteiger charge is 2.23. The number of aromatic nitrogens is 3. The minimum Gasteiger partial charge on any atom is -0.459 e. The van der Waals surface area contributed by atoms with Crippen molar-refractivity contribution in [3.63, 3.8) is 0 Å². The molecule has 0 unspecified atom stereocenters. The van der Waals surface area contributed by atoms with Crippen molar-refractivity contribution in [3.05, 3.63) is 59.6 Å². The van der Waals surface area contributed by atoms with E-state index >= 15 is 0 Å². The molecule has 3 aromatic heterocycles. The minimum atomic E-state index is -0.366. The van der Waals surface area contributed by atoms with Gasteiger partial charge in [0, 0.05) is 17.2 Å². The molecular weight excluding hydrogens is 456 g/mol. The molecule has 1 aliphatic heterocycles. The number of nitrogens with zero attached hydrogens (tertiary/aromatic N) is 3. The van der Waals surface area contributed by atoms with Crippen molar-refractivity contribution in [1.29, 1.82) is 0 Å². The SMILES string of the molecule is CN1CCC(C(=O)Nc2cnc3nc(-c4cc(NC(=O)c5ccco5)ccc4Cl)[nH]c3c2)CC1. The van der Waals surface area contributed by atoms with E-state index in [0.29, 0.717) is 38.9 Å². The Bertz CT molecular complexity index is 1340. The number of carbonyl (C=O) groups excluding carboxylic acids is 2. The maximum absolute atomic E-state index is 12.7. The number of anilines is 2. The van der Waals surface area contributed by atoms with Crippen LogP contribution in [0.15, 0.2) is 53.3 Å². The van der Waals surface area contributed by atoms with Gasteiger partial charge in [-0.05, 0) is 69.4 Å². The predicted octanol–water partition coefficient (Wildman–Crippen LogP) is 4.40. The first-order valence-electron chi connectivity index (χ1n) is 11.0. The molecule has 9 nitrogen and oxygen atoms in total. The van der Waals surface area contributed by atoms with E-state index in [9.17, 15) is 9.59 Å². The van der Waals surface area contributed by atoms with E-state index in [0.717, 1.165) is 25.9 Å². The zero-order chi connectivity index (χ0) is 23.7. The number of nitrogens with one attached hydrogen (secondary N) is 3. The van der Waals surface area contributed by atoms with Gasteiger partial charge >= 0.3 is 0 Å². The molecule has 34 heavy (non-hydrogen) atoms. The summed E-state index contributed by atoms with van der Waals surface area (Å²) in [6.45, 7) is 1.84. The van der Waals surface area contributed by atoms with Crippen molar-refractivity contribution in [2.45, 2.75) is 12.8 Å². The van der Waals surface area contributed by atoms with Gasteiger partial charge in [0.1, 0.15) is 5.82 Å². The third-order valence-corrected chi connectivity index (χ3v) is 6.25. The number of likely N-dealkylation sites (tertiary alicyclic amines) is 1. The summed E-state index contributed by atoms with van der Waals surface area (Å²) in [4.78, 5) is 39.3. The van der Waals surface area contributed by atoms with Crippen LogP contribution in [0.1, 0.15) is 23.4 Å². The van der Waals surface area contributed by atoms with Gasteiger partial charge in [-0.25, -0.2) is 9.97 Å². The predicted molar refractivity (Wildman–Crippen MR) is 130 cm³/mol. The maximum atomic E-state index is 12.7. The first-order chi connectivity index (χ1) is 16.5. The summed E-state index contributed by atoms with van der Waals surface area (Å²) in [6, 6.07) is 10.1. The van der Waals surface area contributed by atoms with E-state index in [2.05, 4.69) is 37.5 Å². The third kappa shape index (κ3) is 4.66. The molecule has 174 valence electrons. The summed E-state index contributed by atoms with van der Waals surface area (Å²) in [5.74, 6) is 0.355. The molecule has 0 bridgehead atoms. The number of pyridine rings is 1. The quantitative estimate of drug-likeness (QED) is 0.391. The molecule has 1 saturated heterocycles. The lowest BCUT2D eigenvalue weighted by Crippen LogP contribution is -2.35. The summed E-state index contributed by atoms with van der Waals surface area (Å²) in [5, 5.41) is 6.22. The lowest BCUT2D eigenvalue weighted by molar-refractivity contribution is -0.121. The lowest BCUT2D eigenvalue weighted by atomic mass is 9.96. The average Bonchev–Trinajstić information content (AvgIpc) is 3.51.